The number of carbonyl (C=O) groups excluding carboxylic acids is 2. The molecule has 2 amide bonds. The molecular formula is C22H28N4O2S. The van der Waals surface area contributed by atoms with E-state index in [9.17, 15) is 9.59 Å². The van der Waals surface area contributed by atoms with Crippen LogP contribution < -0.4 is 21.5 Å². The maximum absolute atomic E-state index is 12.7. The van der Waals surface area contributed by atoms with Crippen molar-refractivity contribution in [1.82, 2.24) is 16.2 Å². The fraction of sp³-hybridized carbons (Fsp3) is 0.318. The van der Waals surface area contributed by atoms with Crippen molar-refractivity contribution in [2.45, 2.75) is 40.2 Å². The van der Waals surface area contributed by atoms with Crippen LogP contribution in [0.15, 0.2) is 48.5 Å². The number of carbonyl (C=O) groups is 2. The molecule has 0 saturated carbocycles. The van der Waals surface area contributed by atoms with Crippen LogP contribution >= 0.6 is 12.2 Å². The van der Waals surface area contributed by atoms with Crippen LogP contribution in [0, 0.1) is 19.8 Å². The average molecular weight is 413 g/mol. The van der Waals surface area contributed by atoms with Crippen molar-refractivity contribution in [3.8, 4) is 0 Å². The summed E-state index contributed by atoms with van der Waals surface area (Å²) in [6.45, 7) is 7.91. The number of hydrogen-bond acceptors (Lipinski definition) is 3. The lowest BCUT2D eigenvalue weighted by molar-refractivity contribution is -0.124. The molecule has 0 radical (unpaired) electrons. The number of hydrogen-bond donors (Lipinski definition) is 4. The molecule has 2 unspecified atom stereocenters. The summed E-state index contributed by atoms with van der Waals surface area (Å²) in [4.78, 5) is 25.2. The van der Waals surface area contributed by atoms with Crippen molar-refractivity contribution in [1.29, 1.82) is 0 Å². The van der Waals surface area contributed by atoms with Crippen LogP contribution in [0.1, 0.15) is 41.8 Å². The summed E-state index contributed by atoms with van der Waals surface area (Å²) < 4.78 is 0. The number of nitrogens with one attached hydrogen (secondary N) is 4. The molecule has 0 aromatic heterocycles. The number of benzene rings is 2. The van der Waals surface area contributed by atoms with Crippen molar-refractivity contribution in [2.75, 3.05) is 5.32 Å². The molecule has 2 atom stereocenters. The van der Waals surface area contributed by atoms with Gasteiger partial charge in [0.05, 0.1) is 0 Å². The highest BCUT2D eigenvalue weighted by Gasteiger charge is 2.26. The van der Waals surface area contributed by atoms with Gasteiger partial charge < -0.3 is 10.6 Å². The number of hydrazine groups is 1. The molecule has 0 fully saturated rings. The molecule has 0 aliphatic rings. The standard InChI is InChI=1S/C22H28N4O2S/c1-5-14(2)19(24-20(27)17-11-7-6-8-12-17)21(28)25-26-22(29)23-18-13-9-10-15(3)16(18)4/h6-14,19H,5H2,1-4H3,(H,24,27)(H,25,28)(H2,23,26,29). The Labute approximate surface area is 177 Å². The van der Waals surface area contributed by atoms with Crippen molar-refractivity contribution in [3.63, 3.8) is 0 Å². The lowest BCUT2D eigenvalue weighted by atomic mass is 9.98. The Hall–Kier alpha value is -2.93. The van der Waals surface area contributed by atoms with Crippen LogP contribution in [0.4, 0.5) is 5.69 Å². The third kappa shape index (κ3) is 6.29. The second-order valence-electron chi connectivity index (χ2n) is 7.02. The summed E-state index contributed by atoms with van der Waals surface area (Å²) in [5, 5.41) is 6.16. The monoisotopic (exact) mass is 412 g/mol. The molecule has 6 nitrogen and oxygen atoms in total. The molecule has 0 saturated heterocycles. The number of thiocarbonyl (C=S) groups is 1. The van der Waals surface area contributed by atoms with Crippen molar-refractivity contribution < 1.29 is 9.59 Å². The third-order valence-electron chi connectivity index (χ3n) is 4.97. The molecular weight excluding hydrogens is 384 g/mol. The SMILES string of the molecule is CCC(C)C(NC(=O)c1ccccc1)C(=O)NNC(=S)Nc1cccc(C)c1C. The molecule has 2 aromatic carbocycles. The number of aryl methyl sites for hydroxylation is 1. The zero-order chi connectivity index (χ0) is 21.4. The highest BCUT2D eigenvalue weighted by Crippen LogP contribution is 2.17. The summed E-state index contributed by atoms with van der Waals surface area (Å²) in [5.41, 5.74) is 8.92. The van der Waals surface area contributed by atoms with Gasteiger partial charge in [-0.15, -0.1) is 0 Å². The first-order valence-electron chi connectivity index (χ1n) is 9.62. The van der Waals surface area contributed by atoms with Gasteiger partial charge in [0.25, 0.3) is 11.8 Å². The first-order chi connectivity index (χ1) is 13.8. The first kappa shape index (κ1) is 22.4. The Kier molecular flexibility index (Phi) is 8.15. The number of amides is 2. The van der Waals surface area contributed by atoms with E-state index in [1.165, 1.54) is 0 Å². The smallest absolute Gasteiger partial charge is 0.261 e. The maximum Gasteiger partial charge on any atom is 0.261 e. The highest BCUT2D eigenvalue weighted by atomic mass is 32.1. The average Bonchev–Trinajstić information content (AvgIpc) is 2.73. The Morgan fingerprint density at radius 2 is 1.69 bits per heavy atom. The van der Waals surface area contributed by atoms with Crippen LogP contribution in [0.25, 0.3) is 0 Å². The predicted octanol–water partition coefficient (Wildman–Crippen LogP) is 3.47. The topological polar surface area (TPSA) is 82.3 Å². The first-order valence-corrected chi connectivity index (χ1v) is 10.0. The van der Waals surface area contributed by atoms with E-state index in [0.717, 1.165) is 23.2 Å². The largest absolute Gasteiger partial charge is 0.340 e. The molecule has 0 aliphatic carbocycles. The molecule has 4 N–H and O–H groups in total. The maximum atomic E-state index is 12.7. The number of anilines is 1. The molecule has 29 heavy (non-hydrogen) atoms. The second-order valence-corrected chi connectivity index (χ2v) is 7.43. The summed E-state index contributed by atoms with van der Waals surface area (Å²) >= 11 is 5.28. The quantitative estimate of drug-likeness (QED) is 0.431. The van der Waals surface area contributed by atoms with E-state index in [1.54, 1.807) is 24.3 Å². The molecule has 0 bridgehead atoms. The third-order valence-corrected chi connectivity index (χ3v) is 5.17. The van der Waals surface area contributed by atoms with E-state index in [-0.39, 0.29) is 22.8 Å². The summed E-state index contributed by atoms with van der Waals surface area (Å²) in [6.07, 6.45) is 0.734. The van der Waals surface area contributed by atoms with Gasteiger partial charge in [-0.25, -0.2) is 0 Å². The molecule has 154 valence electrons. The van der Waals surface area contributed by atoms with E-state index >= 15 is 0 Å². The molecule has 0 spiro atoms. The molecule has 2 rings (SSSR count). The second kappa shape index (κ2) is 10.6. The van der Waals surface area contributed by atoms with Gasteiger partial charge in [0.1, 0.15) is 6.04 Å². The molecule has 0 heterocycles. The van der Waals surface area contributed by atoms with Crippen LogP contribution in [-0.4, -0.2) is 23.0 Å². The lowest BCUT2D eigenvalue weighted by Crippen LogP contribution is -2.55. The number of rotatable bonds is 6. The fourth-order valence-corrected chi connectivity index (χ4v) is 2.91. The van der Waals surface area contributed by atoms with Gasteiger partial charge in [0, 0.05) is 11.3 Å². The Morgan fingerprint density at radius 3 is 2.34 bits per heavy atom. The van der Waals surface area contributed by atoms with E-state index in [0.29, 0.717) is 5.56 Å². The Bertz CT molecular complexity index is 870. The zero-order valence-electron chi connectivity index (χ0n) is 17.2. The normalized spacial score (nSPS) is 12.4. The van der Waals surface area contributed by atoms with Crippen LogP contribution in [0.3, 0.4) is 0 Å². The van der Waals surface area contributed by atoms with Crippen LogP contribution in [0.2, 0.25) is 0 Å². The molecule has 0 aliphatic heterocycles. The van der Waals surface area contributed by atoms with Crippen LogP contribution in [-0.2, 0) is 4.79 Å². The van der Waals surface area contributed by atoms with Gasteiger partial charge in [0.2, 0.25) is 0 Å². The Morgan fingerprint density at radius 1 is 1.00 bits per heavy atom. The van der Waals surface area contributed by atoms with Crippen molar-refractivity contribution in [3.05, 3.63) is 65.2 Å². The molecule has 2 aromatic rings. The van der Waals surface area contributed by atoms with Gasteiger partial charge in [0.15, 0.2) is 5.11 Å². The van der Waals surface area contributed by atoms with E-state index < -0.39 is 6.04 Å². The van der Waals surface area contributed by atoms with Gasteiger partial charge in [-0.05, 0) is 61.3 Å². The minimum absolute atomic E-state index is 0.0509. The fourth-order valence-electron chi connectivity index (χ4n) is 2.75. The Balaban J connectivity index is 1.98. The van der Waals surface area contributed by atoms with E-state index in [1.807, 2.05) is 52.0 Å². The summed E-state index contributed by atoms with van der Waals surface area (Å²) in [7, 11) is 0. The van der Waals surface area contributed by atoms with Gasteiger partial charge >= 0.3 is 0 Å². The van der Waals surface area contributed by atoms with Gasteiger partial charge in [-0.1, -0.05) is 50.6 Å². The highest BCUT2D eigenvalue weighted by molar-refractivity contribution is 7.80. The molecule has 7 heteroatoms. The van der Waals surface area contributed by atoms with E-state index in [4.69, 9.17) is 12.2 Å². The van der Waals surface area contributed by atoms with Crippen molar-refractivity contribution >= 4 is 34.8 Å². The minimum Gasteiger partial charge on any atom is -0.340 e. The summed E-state index contributed by atoms with van der Waals surface area (Å²) in [5.74, 6) is -0.694. The predicted molar refractivity (Wildman–Crippen MR) is 121 cm³/mol. The minimum atomic E-state index is -0.691. The lowest BCUT2D eigenvalue weighted by Gasteiger charge is -2.24. The summed E-state index contributed by atoms with van der Waals surface area (Å²) in [6, 6.07) is 14.0. The van der Waals surface area contributed by atoms with Gasteiger partial charge in [-0.2, -0.15) is 0 Å². The van der Waals surface area contributed by atoms with E-state index in [2.05, 4.69) is 21.5 Å². The van der Waals surface area contributed by atoms with Crippen molar-refractivity contribution in [2.24, 2.45) is 5.92 Å². The van der Waals surface area contributed by atoms with Crippen LogP contribution in [0.5, 0.6) is 0 Å². The van der Waals surface area contributed by atoms with Gasteiger partial charge in [-0.3, -0.25) is 20.4 Å². The zero-order valence-corrected chi connectivity index (χ0v) is 18.0.